The number of hydrogen-bond donors (Lipinski definition) is 0. The van der Waals surface area contributed by atoms with E-state index in [1.54, 1.807) is 22.7 Å². The summed E-state index contributed by atoms with van der Waals surface area (Å²) in [5.41, 5.74) is 2.09. The van der Waals surface area contributed by atoms with Gasteiger partial charge in [-0.25, -0.2) is 0 Å². The molecule has 0 N–H and O–H groups in total. The Morgan fingerprint density at radius 1 is 1.14 bits per heavy atom. The molecule has 21 heavy (non-hydrogen) atoms. The molecule has 1 aliphatic rings. The number of halogens is 1. The van der Waals surface area contributed by atoms with E-state index in [0.29, 0.717) is 11.6 Å². The number of benzene rings is 1. The lowest BCUT2D eigenvalue weighted by Crippen LogP contribution is -2.13. The van der Waals surface area contributed by atoms with Gasteiger partial charge in [-0.2, -0.15) is 9.78 Å². The van der Waals surface area contributed by atoms with E-state index in [-0.39, 0.29) is 0 Å². The normalized spacial score (nSPS) is 13.9. The number of nitrogens with zero attached hydrogens (tertiary/aromatic N) is 4. The summed E-state index contributed by atoms with van der Waals surface area (Å²) < 4.78 is 8.19. The Kier molecular flexibility index (Phi) is 3.16. The van der Waals surface area contributed by atoms with Crippen LogP contribution in [0.4, 0.5) is 0 Å². The van der Waals surface area contributed by atoms with Gasteiger partial charge in [-0.3, -0.25) is 0 Å². The van der Waals surface area contributed by atoms with Crippen molar-refractivity contribution in [2.45, 2.75) is 5.16 Å². The predicted octanol–water partition coefficient (Wildman–Crippen LogP) is 3.66. The molecule has 3 heterocycles. The molecule has 4 rings (SSSR count). The molecule has 3 aromatic rings. The summed E-state index contributed by atoms with van der Waals surface area (Å²) in [7, 11) is 0. The van der Waals surface area contributed by atoms with Crippen LogP contribution in [0.5, 0.6) is 0 Å². The maximum atomic E-state index is 5.39. The second-order valence-corrected chi connectivity index (χ2v) is 6.30. The molecule has 0 radical (unpaired) electrons. The zero-order valence-electron chi connectivity index (χ0n) is 10.7. The first-order chi connectivity index (χ1) is 10.3. The summed E-state index contributed by atoms with van der Waals surface area (Å²) in [6.45, 7) is 0. The van der Waals surface area contributed by atoms with E-state index < -0.39 is 0 Å². The van der Waals surface area contributed by atoms with E-state index in [1.165, 1.54) is 0 Å². The predicted molar refractivity (Wildman–Crippen MR) is 84.5 cm³/mol. The van der Waals surface area contributed by atoms with Gasteiger partial charge in [-0.15, -0.1) is 10.2 Å². The SMILES string of the molecule is Brc1ccc(C2=Nn3c(nnc3-c3ccco3)SC2)cc1. The van der Waals surface area contributed by atoms with Gasteiger partial charge in [0.05, 0.1) is 12.0 Å². The number of rotatable bonds is 2. The number of hydrogen-bond acceptors (Lipinski definition) is 5. The Bertz CT molecular complexity index is 808. The fourth-order valence-corrected chi connectivity index (χ4v) is 3.17. The average Bonchev–Trinajstić information content (AvgIpc) is 3.16. The van der Waals surface area contributed by atoms with Gasteiger partial charge < -0.3 is 4.42 Å². The molecule has 0 aliphatic carbocycles. The summed E-state index contributed by atoms with van der Waals surface area (Å²) in [4.78, 5) is 0. The smallest absolute Gasteiger partial charge is 0.221 e. The second kappa shape index (κ2) is 5.16. The minimum atomic E-state index is 0.622. The molecule has 0 saturated heterocycles. The van der Waals surface area contributed by atoms with Crippen LogP contribution in [-0.4, -0.2) is 26.3 Å². The van der Waals surface area contributed by atoms with E-state index in [2.05, 4.69) is 31.2 Å². The molecule has 0 amide bonds. The number of fused-ring (bicyclic) bond motifs is 1. The van der Waals surface area contributed by atoms with Crippen molar-refractivity contribution >= 4 is 33.4 Å². The zero-order valence-corrected chi connectivity index (χ0v) is 13.1. The van der Waals surface area contributed by atoms with Gasteiger partial charge in [-0.1, -0.05) is 39.8 Å². The molecule has 0 fully saturated rings. The van der Waals surface area contributed by atoms with E-state index in [1.807, 2.05) is 36.4 Å². The highest BCUT2D eigenvalue weighted by molar-refractivity contribution is 9.10. The van der Waals surface area contributed by atoms with Crippen LogP contribution in [0, 0.1) is 0 Å². The summed E-state index contributed by atoms with van der Waals surface area (Å²) in [6.07, 6.45) is 1.62. The molecule has 2 aromatic heterocycles. The Balaban J connectivity index is 1.79. The number of thioether (sulfide) groups is 1. The van der Waals surface area contributed by atoms with Gasteiger partial charge in [0.25, 0.3) is 0 Å². The molecule has 1 aromatic carbocycles. The van der Waals surface area contributed by atoms with Crippen LogP contribution in [0.3, 0.4) is 0 Å². The molecule has 0 bridgehead atoms. The Morgan fingerprint density at radius 3 is 2.76 bits per heavy atom. The van der Waals surface area contributed by atoms with Crippen molar-refractivity contribution in [3.63, 3.8) is 0 Å². The van der Waals surface area contributed by atoms with E-state index in [4.69, 9.17) is 4.42 Å². The first-order valence-electron chi connectivity index (χ1n) is 6.27. The van der Waals surface area contributed by atoms with Gasteiger partial charge in [0, 0.05) is 10.2 Å². The first kappa shape index (κ1) is 12.8. The van der Waals surface area contributed by atoms with Gasteiger partial charge in [-0.05, 0) is 29.8 Å². The van der Waals surface area contributed by atoms with Crippen LogP contribution in [0.15, 0.2) is 61.8 Å². The molecule has 104 valence electrons. The molecule has 0 spiro atoms. The van der Waals surface area contributed by atoms with E-state index >= 15 is 0 Å². The third-order valence-corrected chi connectivity index (χ3v) is 4.55. The summed E-state index contributed by atoms with van der Waals surface area (Å²) in [6, 6.07) is 11.8. The van der Waals surface area contributed by atoms with Crippen molar-refractivity contribution in [3.8, 4) is 11.6 Å². The molecule has 0 atom stereocenters. The summed E-state index contributed by atoms with van der Waals surface area (Å²) in [5, 5.41) is 13.8. The number of aromatic nitrogens is 3. The highest BCUT2D eigenvalue weighted by atomic mass is 79.9. The third-order valence-electron chi connectivity index (χ3n) is 3.09. The van der Waals surface area contributed by atoms with Gasteiger partial charge in [0.1, 0.15) is 0 Å². The fraction of sp³-hybridized carbons (Fsp3) is 0.0714. The van der Waals surface area contributed by atoms with Crippen molar-refractivity contribution in [2.24, 2.45) is 5.10 Å². The zero-order chi connectivity index (χ0) is 14.2. The number of furan rings is 1. The largest absolute Gasteiger partial charge is 0.461 e. The van der Waals surface area contributed by atoms with Crippen LogP contribution in [-0.2, 0) is 0 Å². The molecule has 1 aliphatic heterocycles. The molecular formula is C14H9BrN4OS. The molecule has 0 unspecified atom stereocenters. The van der Waals surface area contributed by atoms with E-state index in [9.17, 15) is 0 Å². The summed E-state index contributed by atoms with van der Waals surface area (Å²) >= 11 is 5.06. The lowest BCUT2D eigenvalue weighted by molar-refractivity contribution is 0.571. The quantitative estimate of drug-likeness (QED) is 0.699. The van der Waals surface area contributed by atoms with Gasteiger partial charge >= 0.3 is 0 Å². The van der Waals surface area contributed by atoms with Crippen molar-refractivity contribution in [3.05, 3.63) is 52.7 Å². The Labute approximate surface area is 133 Å². The van der Waals surface area contributed by atoms with Crippen LogP contribution in [0.25, 0.3) is 11.6 Å². The maximum Gasteiger partial charge on any atom is 0.221 e. The van der Waals surface area contributed by atoms with E-state index in [0.717, 1.165) is 26.7 Å². The average molecular weight is 361 g/mol. The minimum absolute atomic E-state index is 0.622. The van der Waals surface area contributed by atoms with Crippen LogP contribution < -0.4 is 0 Å². The highest BCUT2D eigenvalue weighted by Gasteiger charge is 2.21. The van der Waals surface area contributed by atoms with Crippen LogP contribution in [0.1, 0.15) is 5.56 Å². The lowest BCUT2D eigenvalue weighted by Gasteiger charge is -2.13. The van der Waals surface area contributed by atoms with Crippen LogP contribution in [0.2, 0.25) is 0 Å². The first-order valence-corrected chi connectivity index (χ1v) is 8.05. The molecule has 5 nitrogen and oxygen atoms in total. The Morgan fingerprint density at radius 2 is 2.00 bits per heavy atom. The maximum absolute atomic E-state index is 5.39. The van der Waals surface area contributed by atoms with Crippen molar-refractivity contribution in [1.82, 2.24) is 14.9 Å². The second-order valence-electron chi connectivity index (χ2n) is 4.44. The molecule has 7 heteroatoms. The highest BCUT2D eigenvalue weighted by Crippen LogP contribution is 2.28. The topological polar surface area (TPSA) is 56.2 Å². The Hall–Kier alpha value is -1.86. The third kappa shape index (κ3) is 2.32. The monoisotopic (exact) mass is 360 g/mol. The standard InChI is InChI=1S/C14H9BrN4OS/c15-10-5-3-9(4-6-10)11-8-21-14-17-16-13(19(14)18-11)12-2-1-7-20-12/h1-7H,8H2. The fourth-order valence-electron chi connectivity index (χ4n) is 2.07. The molecular weight excluding hydrogens is 352 g/mol. The summed E-state index contributed by atoms with van der Waals surface area (Å²) in [5.74, 6) is 2.06. The van der Waals surface area contributed by atoms with Crippen molar-refractivity contribution in [2.75, 3.05) is 5.75 Å². The van der Waals surface area contributed by atoms with Crippen molar-refractivity contribution < 1.29 is 4.42 Å². The van der Waals surface area contributed by atoms with Crippen molar-refractivity contribution in [1.29, 1.82) is 0 Å². The van der Waals surface area contributed by atoms with Gasteiger partial charge in [0.2, 0.25) is 11.0 Å². The van der Waals surface area contributed by atoms with Gasteiger partial charge in [0.15, 0.2) is 5.76 Å². The molecule has 0 saturated carbocycles. The van der Waals surface area contributed by atoms with Crippen LogP contribution >= 0.6 is 27.7 Å². The minimum Gasteiger partial charge on any atom is -0.461 e. The lowest BCUT2D eigenvalue weighted by atomic mass is 10.1.